The Hall–Kier alpha value is -3.41. The number of carbonyl (C=O) groups excluding carboxylic acids is 6. The molecule has 0 radical (unpaired) electrons. The maximum Gasteiger partial charge on any atom is 0.326 e. The fourth-order valence-electron chi connectivity index (χ4n) is 6.10. The molecule has 1 saturated heterocycles. The van der Waals surface area contributed by atoms with Gasteiger partial charge in [0.25, 0.3) is 0 Å². The molecular weight excluding hydrogens is 739 g/mol. The van der Waals surface area contributed by atoms with Gasteiger partial charge in [-0.25, -0.2) is 9.59 Å². The summed E-state index contributed by atoms with van der Waals surface area (Å²) in [6, 6.07) is -7.43. The van der Waals surface area contributed by atoms with Crippen LogP contribution in [0.2, 0.25) is 0 Å². The third-order valence-corrected chi connectivity index (χ3v) is 10.7. The van der Waals surface area contributed by atoms with Crippen molar-refractivity contribution in [2.24, 2.45) is 17.8 Å². The van der Waals surface area contributed by atoms with Crippen LogP contribution in [0.25, 0.3) is 0 Å². The number of nitrogens with zero attached hydrogens (tertiary/aromatic N) is 1. The number of carboxylic acid groups (broad SMARTS) is 1. The fourth-order valence-corrected chi connectivity index (χ4v) is 7.14. The van der Waals surface area contributed by atoms with Gasteiger partial charge in [-0.2, -0.15) is 11.8 Å². The predicted molar refractivity (Wildman–Crippen MR) is 211 cm³/mol. The van der Waals surface area contributed by atoms with E-state index in [1.807, 2.05) is 47.8 Å². The van der Waals surface area contributed by atoms with Crippen molar-refractivity contribution in [3.8, 4) is 0 Å². The first-order valence-electron chi connectivity index (χ1n) is 18.9. The zero-order chi connectivity index (χ0) is 41.1. The van der Waals surface area contributed by atoms with E-state index >= 15 is 0 Å². The van der Waals surface area contributed by atoms with Crippen molar-refractivity contribution in [2.45, 2.75) is 129 Å². The molecule has 0 aliphatic carbocycles. The highest BCUT2D eigenvalue weighted by Gasteiger charge is 2.38. The molecule has 0 aromatic heterocycles. The topological polar surface area (TPSA) is 232 Å². The molecule has 0 aromatic rings. The average Bonchev–Trinajstić information content (AvgIpc) is 3.08. The number of aliphatic carboxylic acids is 1. The van der Waals surface area contributed by atoms with E-state index in [4.69, 9.17) is 0 Å². The van der Waals surface area contributed by atoms with E-state index in [0.29, 0.717) is 25.0 Å². The number of carbonyl (C=O) groups is 7. The second-order valence-electron chi connectivity index (χ2n) is 14.9. The van der Waals surface area contributed by atoms with Gasteiger partial charge in [0.05, 0.1) is 0 Å². The van der Waals surface area contributed by atoms with Gasteiger partial charge < -0.3 is 41.9 Å². The summed E-state index contributed by atoms with van der Waals surface area (Å²) in [4.78, 5) is 95.4. The lowest BCUT2D eigenvalue weighted by atomic mass is 9.94. The molecule has 1 heterocycles. The number of amides is 7. The summed E-state index contributed by atoms with van der Waals surface area (Å²) < 4.78 is 12.0. The van der Waals surface area contributed by atoms with Crippen molar-refractivity contribution in [3.05, 3.63) is 0 Å². The Morgan fingerprint density at radius 1 is 0.907 bits per heavy atom. The Bertz CT molecular complexity index is 1300. The first-order valence-corrected chi connectivity index (χ1v) is 22.0. The summed E-state index contributed by atoms with van der Waals surface area (Å²) in [6.07, 6.45) is 5.33. The lowest BCUT2D eigenvalue weighted by molar-refractivity contribution is -0.144. The second kappa shape index (κ2) is 24.9. The highest BCUT2D eigenvalue weighted by atomic mass is 32.2. The van der Waals surface area contributed by atoms with E-state index in [1.165, 1.54) is 30.0 Å². The summed E-state index contributed by atoms with van der Waals surface area (Å²) in [5.74, 6) is -3.87. The molecule has 16 nitrogen and oxygen atoms in total. The third kappa shape index (κ3) is 17.4. The van der Waals surface area contributed by atoms with Crippen molar-refractivity contribution >= 4 is 64.1 Å². The molecule has 7 amide bonds. The number of rotatable bonds is 15. The molecule has 1 rings (SSSR count). The highest BCUT2D eigenvalue weighted by Crippen LogP contribution is 2.18. The van der Waals surface area contributed by atoms with Gasteiger partial charge in [0.1, 0.15) is 36.3 Å². The Balaban J connectivity index is 3.65. The first-order chi connectivity index (χ1) is 25.3. The molecule has 54 heavy (non-hydrogen) atoms. The van der Waals surface area contributed by atoms with Crippen LogP contribution in [0.3, 0.4) is 0 Å². The average molecular weight is 804 g/mol. The lowest BCUT2D eigenvalue weighted by Gasteiger charge is -2.35. The zero-order valence-corrected chi connectivity index (χ0v) is 35.1. The van der Waals surface area contributed by atoms with Crippen molar-refractivity contribution in [2.75, 3.05) is 37.6 Å². The largest absolute Gasteiger partial charge is 0.480 e. The van der Waals surface area contributed by atoms with Crippen LogP contribution in [-0.4, -0.2) is 130 Å². The number of nitrogens with one attached hydrogen (secondary N) is 6. The van der Waals surface area contributed by atoms with E-state index in [1.54, 1.807) is 0 Å². The Morgan fingerprint density at radius 2 is 1.52 bits per heavy atom. The molecule has 18 heteroatoms. The van der Waals surface area contributed by atoms with E-state index in [9.17, 15) is 42.9 Å². The van der Waals surface area contributed by atoms with Crippen LogP contribution in [0.15, 0.2) is 0 Å². The Labute approximate surface area is 327 Å². The first kappa shape index (κ1) is 48.6. The number of hydrogen-bond acceptors (Lipinski definition) is 9. The number of urea groups is 1. The maximum atomic E-state index is 14.2. The minimum atomic E-state index is -1.25. The van der Waals surface area contributed by atoms with Gasteiger partial charge in [-0.05, 0) is 74.7 Å². The number of likely N-dealkylation sites (N-methyl/N-ethyl adjacent to an activating group) is 1. The van der Waals surface area contributed by atoms with Gasteiger partial charge >= 0.3 is 12.0 Å². The number of thioether (sulfide) groups is 1. The summed E-state index contributed by atoms with van der Waals surface area (Å²) in [5, 5.41) is 25.8. The van der Waals surface area contributed by atoms with Gasteiger partial charge in [-0.3, -0.25) is 28.2 Å². The third-order valence-electron chi connectivity index (χ3n) is 9.26. The summed E-state index contributed by atoms with van der Waals surface area (Å²) >= 11 is 1.46. The van der Waals surface area contributed by atoms with Crippen molar-refractivity contribution in [3.63, 3.8) is 0 Å². The molecule has 1 aliphatic rings. The molecule has 7 N–H and O–H groups in total. The van der Waals surface area contributed by atoms with Crippen molar-refractivity contribution < 1.29 is 42.9 Å². The zero-order valence-electron chi connectivity index (χ0n) is 33.5. The molecule has 1 fully saturated rings. The van der Waals surface area contributed by atoms with Crippen LogP contribution < -0.4 is 31.9 Å². The monoisotopic (exact) mass is 803 g/mol. The molecule has 0 unspecified atom stereocenters. The normalized spacial score (nSPS) is 24.5. The molecule has 0 saturated carbocycles. The molecule has 0 spiro atoms. The van der Waals surface area contributed by atoms with Gasteiger partial charge in [0.15, 0.2) is 0 Å². The van der Waals surface area contributed by atoms with Gasteiger partial charge in [-0.1, -0.05) is 48.0 Å². The standard InChI is InChI=1S/C36H65N7O9S2/c1-10-23(6)29-33(47)39-26(15-18-54(9)52)30(44)37-16-12-11-13-24(41-36(51)42-28(35(49)50)20-22(4)5)31(45)38-25(14-17-53-8)32(46)40-27(19-21(2)3)34(48)43(29)7/h21-29H,10-20H2,1-9H3,(H,37,44)(H,38,45)(H,39,47)(H,40,46)(H,49,50)(H2,41,42,51)/t23-,24+,25-,26-,27-,28-,29-,54+/m0/s1. The van der Waals surface area contributed by atoms with Crippen molar-refractivity contribution in [1.29, 1.82) is 0 Å². The smallest absolute Gasteiger partial charge is 0.326 e. The molecular formula is C36H65N7O9S2. The van der Waals surface area contributed by atoms with E-state index < -0.39 is 88.6 Å². The molecule has 310 valence electrons. The minimum absolute atomic E-state index is 0.0368. The molecule has 8 atom stereocenters. The second-order valence-corrected chi connectivity index (χ2v) is 17.5. The number of carboxylic acids is 1. The molecule has 0 bridgehead atoms. The lowest BCUT2D eigenvalue weighted by Crippen LogP contribution is -2.61. The summed E-state index contributed by atoms with van der Waals surface area (Å²) in [7, 11) is 0.234. The van der Waals surface area contributed by atoms with E-state index in [2.05, 4.69) is 31.9 Å². The van der Waals surface area contributed by atoms with Crippen LogP contribution in [-0.2, 0) is 39.6 Å². The van der Waals surface area contributed by atoms with Crippen LogP contribution >= 0.6 is 11.8 Å². The predicted octanol–water partition coefficient (Wildman–Crippen LogP) is 1.35. The van der Waals surface area contributed by atoms with Crippen LogP contribution in [0.4, 0.5) is 4.79 Å². The summed E-state index contributed by atoms with van der Waals surface area (Å²) in [6.45, 7) is 11.3. The van der Waals surface area contributed by atoms with Gasteiger partial charge in [-0.15, -0.1) is 0 Å². The van der Waals surface area contributed by atoms with Crippen LogP contribution in [0.5, 0.6) is 0 Å². The fraction of sp³-hybridized carbons (Fsp3) is 0.806. The number of hydrogen-bond donors (Lipinski definition) is 7. The van der Waals surface area contributed by atoms with Crippen LogP contribution in [0, 0.1) is 17.8 Å². The summed E-state index contributed by atoms with van der Waals surface area (Å²) in [5.41, 5.74) is 0. The minimum Gasteiger partial charge on any atom is -0.480 e. The quantitative estimate of drug-likeness (QED) is 0.126. The van der Waals surface area contributed by atoms with Crippen LogP contribution in [0.1, 0.15) is 92.9 Å². The highest BCUT2D eigenvalue weighted by molar-refractivity contribution is 7.98. The van der Waals surface area contributed by atoms with E-state index in [-0.39, 0.29) is 62.2 Å². The van der Waals surface area contributed by atoms with Crippen molar-refractivity contribution in [1.82, 2.24) is 36.8 Å². The SMILES string of the molecule is CC[C@H](C)[C@H]1C(=O)N[C@@H](CC[S@@](C)=O)C(=O)NCCCC[C@@H](NC(=O)N[C@@H](CC(C)C)C(=O)O)C(=O)N[C@@H](CCSC)C(=O)N[C@@H](CC(C)C)C(=O)N1C. The molecule has 0 aromatic carbocycles. The maximum absolute atomic E-state index is 14.2. The Kier molecular flexibility index (Phi) is 22.4. The van der Waals surface area contributed by atoms with Gasteiger partial charge in [0.2, 0.25) is 29.5 Å². The van der Waals surface area contributed by atoms with Gasteiger partial charge in [0, 0.05) is 36.4 Å². The van der Waals surface area contributed by atoms with E-state index in [0.717, 1.165) is 0 Å². The molecule has 1 aliphatic heterocycles. The Morgan fingerprint density at radius 3 is 2.07 bits per heavy atom.